The second kappa shape index (κ2) is 12.5. The van der Waals surface area contributed by atoms with E-state index >= 15 is 0 Å². The second-order valence-electron chi connectivity index (χ2n) is 10.0. The van der Waals surface area contributed by atoms with Crippen molar-refractivity contribution in [3.8, 4) is 0 Å². The Hall–Kier alpha value is -3.93. The monoisotopic (exact) mass is 529 g/mol. The first kappa shape index (κ1) is 28.6. The smallest absolute Gasteiger partial charge is 0.326 e. The van der Waals surface area contributed by atoms with Crippen LogP contribution in [-0.4, -0.2) is 80.5 Å². The van der Waals surface area contributed by atoms with Crippen molar-refractivity contribution >= 4 is 40.6 Å². The van der Waals surface area contributed by atoms with Crippen molar-refractivity contribution in [3.05, 3.63) is 36.0 Å². The summed E-state index contributed by atoms with van der Waals surface area (Å²) in [4.78, 5) is 66.6. The van der Waals surface area contributed by atoms with Crippen molar-refractivity contribution in [2.45, 2.75) is 70.1 Å². The van der Waals surface area contributed by atoms with Crippen LogP contribution in [0.15, 0.2) is 30.5 Å². The molecule has 12 heteroatoms. The molecule has 12 nitrogen and oxygen atoms in total. The third-order valence-electron chi connectivity index (χ3n) is 6.61. The van der Waals surface area contributed by atoms with E-state index in [-0.39, 0.29) is 25.3 Å². The van der Waals surface area contributed by atoms with E-state index in [4.69, 9.17) is 5.73 Å². The molecule has 3 amide bonds. The van der Waals surface area contributed by atoms with Crippen LogP contribution in [0.4, 0.5) is 0 Å². The number of H-pyrrole nitrogens is 1. The molecule has 0 spiro atoms. The Balaban J connectivity index is 1.70. The minimum atomic E-state index is -1.44. The van der Waals surface area contributed by atoms with Crippen LogP contribution in [0, 0.1) is 5.92 Å². The molecule has 1 aromatic heterocycles. The zero-order valence-corrected chi connectivity index (χ0v) is 21.5. The number of nitrogens with two attached hydrogens (primary N) is 1. The minimum Gasteiger partial charge on any atom is -0.481 e. The van der Waals surface area contributed by atoms with Crippen LogP contribution in [-0.2, 0) is 30.4 Å². The summed E-state index contributed by atoms with van der Waals surface area (Å²) in [7, 11) is 0. The Morgan fingerprint density at radius 2 is 1.82 bits per heavy atom. The maximum absolute atomic E-state index is 13.3. The highest BCUT2D eigenvalue weighted by atomic mass is 16.4. The summed E-state index contributed by atoms with van der Waals surface area (Å²) in [5, 5.41) is 24.7. The predicted octanol–water partition coefficient (Wildman–Crippen LogP) is 0.604. The van der Waals surface area contributed by atoms with Crippen molar-refractivity contribution in [2.75, 3.05) is 6.54 Å². The van der Waals surface area contributed by atoms with E-state index in [1.165, 1.54) is 4.90 Å². The molecule has 38 heavy (non-hydrogen) atoms. The molecule has 1 aromatic carbocycles. The molecule has 0 radical (unpaired) electrons. The van der Waals surface area contributed by atoms with Gasteiger partial charge in [-0.2, -0.15) is 0 Å². The van der Waals surface area contributed by atoms with Gasteiger partial charge in [0.25, 0.3) is 0 Å². The maximum atomic E-state index is 13.3. The Labute approximate surface area is 219 Å². The Bertz CT molecular complexity index is 1190. The van der Waals surface area contributed by atoms with E-state index in [1.54, 1.807) is 6.20 Å². The van der Waals surface area contributed by atoms with E-state index in [9.17, 15) is 34.2 Å². The average molecular weight is 530 g/mol. The van der Waals surface area contributed by atoms with Crippen molar-refractivity contribution in [1.82, 2.24) is 20.5 Å². The third kappa shape index (κ3) is 7.09. The van der Waals surface area contributed by atoms with Gasteiger partial charge < -0.3 is 36.5 Å². The number of carboxylic acid groups (broad SMARTS) is 2. The van der Waals surface area contributed by atoms with Crippen LogP contribution in [0.1, 0.15) is 45.1 Å². The van der Waals surface area contributed by atoms with Crippen LogP contribution in [0.2, 0.25) is 0 Å². The number of hydrogen-bond donors (Lipinski definition) is 6. The number of carbonyl (C=O) groups excluding carboxylic acids is 3. The van der Waals surface area contributed by atoms with Gasteiger partial charge in [0.1, 0.15) is 18.1 Å². The lowest BCUT2D eigenvalue weighted by Crippen LogP contribution is -2.57. The van der Waals surface area contributed by atoms with E-state index in [0.29, 0.717) is 12.8 Å². The number of fused-ring (bicyclic) bond motifs is 1. The molecule has 7 N–H and O–H groups in total. The highest BCUT2D eigenvalue weighted by molar-refractivity contribution is 5.96. The number of aromatic amines is 1. The van der Waals surface area contributed by atoms with Crippen molar-refractivity contribution in [3.63, 3.8) is 0 Å². The second-order valence-corrected chi connectivity index (χ2v) is 10.0. The molecule has 1 saturated heterocycles. The molecule has 1 aliphatic rings. The van der Waals surface area contributed by atoms with Gasteiger partial charge in [-0.25, -0.2) is 4.79 Å². The molecular weight excluding hydrogens is 494 g/mol. The number of likely N-dealkylation sites (tertiary alicyclic amines) is 1. The largest absolute Gasteiger partial charge is 0.481 e. The Morgan fingerprint density at radius 3 is 2.47 bits per heavy atom. The fourth-order valence-corrected chi connectivity index (χ4v) is 4.75. The SMILES string of the molecule is CC(C)CC(NC(=O)C1CCCN1C(=O)C(CC(=O)O)NC(=O)C(N)Cc1c[nH]c2ccccc12)C(=O)O. The lowest BCUT2D eigenvalue weighted by atomic mass is 10.0. The average Bonchev–Trinajstić information content (AvgIpc) is 3.50. The van der Waals surface area contributed by atoms with Crippen LogP contribution >= 0.6 is 0 Å². The standard InChI is InChI=1S/C26H35N5O7/c1-14(2)10-20(26(37)38)30-24(35)21-8-5-9-31(21)25(36)19(12-22(32)33)29-23(34)17(27)11-15-13-28-18-7-4-3-6-16(15)18/h3-4,6-7,13-14,17,19-21,28H,5,8-12,27H2,1-2H3,(H,29,34)(H,30,35)(H,32,33)(H,37,38). The molecule has 1 aliphatic heterocycles. The van der Waals surface area contributed by atoms with Crippen LogP contribution in [0.25, 0.3) is 10.9 Å². The van der Waals surface area contributed by atoms with Crippen molar-refractivity contribution in [1.29, 1.82) is 0 Å². The molecule has 206 valence electrons. The summed E-state index contributed by atoms with van der Waals surface area (Å²) in [6.07, 6.45) is 2.19. The zero-order valence-electron chi connectivity index (χ0n) is 21.5. The van der Waals surface area contributed by atoms with Gasteiger partial charge in [-0.15, -0.1) is 0 Å². The van der Waals surface area contributed by atoms with E-state index < -0.39 is 60.2 Å². The van der Waals surface area contributed by atoms with Crippen molar-refractivity contribution in [2.24, 2.45) is 11.7 Å². The Kier molecular flexibility index (Phi) is 9.45. The van der Waals surface area contributed by atoms with Gasteiger partial charge in [-0.05, 0) is 43.2 Å². The summed E-state index contributed by atoms with van der Waals surface area (Å²) in [5.41, 5.74) is 7.79. The number of rotatable bonds is 12. The summed E-state index contributed by atoms with van der Waals surface area (Å²) < 4.78 is 0. The van der Waals surface area contributed by atoms with E-state index in [2.05, 4.69) is 15.6 Å². The molecule has 0 saturated carbocycles. The van der Waals surface area contributed by atoms with Gasteiger partial charge in [0, 0.05) is 23.6 Å². The van der Waals surface area contributed by atoms with Gasteiger partial charge in [0.2, 0.25) is 17.7 Å². The van der Waals surface area contributed by atoms with Crippen LogP contribution < -0.4 is 16.4 Å². The molecule has 2 aromatic rings. The zero-order chi connectivity index (χ0) is 28.0. The number of aromatic nitrogens is 1. The number of benzene rings is 1. The summed E-state index contributed by atoms with van der Waals surface area (Å²) >= 11 is 0. The van der Waals surface area contributed by atoms with Gasteiger partial charge >= 0.3 is 11.9 Å². The number of nitrogens with zero attached hydrogens (tertiary/aromatic N) is 1. The van der Waals surface area contributed by atoms with Crippen LogP contribution in [0.3, 0.4) is 0 Å². The number of aliphatic carboxylic acids is 2. The van der Waals surface area contributed by atoms with E-state index in [1.807, 2.05) is 38.1 Å². The lowest BCUT2D eigenvalue weighted by molar-refractivity contribution is -0.147. The molecule has 4 unspecified atom stereocenters. The normalized spacial score (nSPS) is 17.7. The first-order valence-electron chi connectivity index (χ1n) is 12.6. The third-order valence-corrected chi connectivity index (χ3v) is 6.61. The van der Waals surface area contributed by atoms with Gasteiger partial charge in [-0.3, -0.25) is 19.2 Å². The lowest BCUT2D eigenvalue weighted by Gasteiger charge is -2.29. The number of hydrogen-bond acceptors (Lipinski definition) is 6. The summed E-state index contributed by atoms with van der Waals surface area (Å²) in [6, 6.07) is 2.93. The maximum Gasteiger partial charge on any atom is 0.326 e. The molecule has 4 atom stereocenters. The highest BCUT2D eigenvalue weighted by Crippen LogP contribution is 2.21. The molecular formula is C26H35N5O7. The number of nitrogens with one attached hydrogen (secondary N) is 3. The Morgan fingerprint density at radius 1 is 1.11 bits per heavy atom. The van der Waals surface area contributed by atoms with Crippen molar-refractivity contribution < 1.29 is 34.2 Å². The molecule has 0 aliphatic carbocycles. The number of carboxylic acids is 2. The fourth-order valence-electron chi connectivity index (χ4n) is 4.75. The molecule has 2 heterocycles. The van der Waals surface area contributed by atoms with E-state index in [0.717, 1.165) is 16.5 Å². The van der Waals surface area contributed by atoms with Gasteiger partial charge in [-0.1, -0.05) is 32.0 Å². The van der Waals surface area contributed by atoms with Crippen LogP contribution in [0.5, 0.6) is 0 Å². The highest BCUT2D eigenvalue weighted by Gasteiger charge is 2.39. The topological polar surface area (TPSA) is 195 Å². The predicted molar refractivity (Wildman–Crippen MR) is 138 cm³/mol. The molecule has 1 fully saturated rings. The number of para-hydroxylation sites is 1. The van der Waals surface area contributed by atoms with Gasteiger partial charge in [0.15, 0.2) is 0 Å². The molecule has 3 rings (SSSR count). The first-order chi connectivity index (χ1) is 18.0. The minimum absolute atomic E-state index is 0.0151. The summed E-state index contributed by atoms with van der Waals surface area (Å²) in [5.74, 6) is -4.52. The first-order valence-corrected chi connectivity index (χ1v) is 12.6. The molecule has 0 bridgehead atoms. The summed E-state index contributed by atoms with van der Waals surface area (Å²) in [6.45, 7) is 3.83. The fraction of sp³-hybridized carbons (Fsp3) is 0.500. The van der Waals surface area contributed by atoms with Gasteiger partial charge in [0.05, 0.1) is 12.5 Å². The quantitative estimate of drug-likeness (QED) is 0.230. The number of amides is 3. The number of carbonyl (C=O) groups is 5.